The molecular formula is C12H12Cl2O2. The lowest BCUT2D eigenvalue weighted by molar-refractivity contribution is 0.108. The van der Waals surface area contributed by atoms with Crippen LogP contribution in [-0.2, 0) is 0 Å². The van der Waals surface area contributed by atoms with Gasteiger partial charge in [0.1, 0.15) is 5.75 Å². The Hall–Kier alpha value is -0.730. The van der Waals surface area contributed by atoms with Crippen LogP contribution in [0.1, 0.15) is 29.6 Å². The quantitative estimate of drug-likeness (QED) is 0.766. The highest BCUT2D eigenvalue weighted by Crippen LogP contribution is 2.28. The average molecular weight is 259 g/mol. The van der Waals surface area contributed by atoms with E-state index in [1.165, 1.54) is 19.3 Å². The summed E-state index contributed by atoms with van der Waals surface area (Å²) in [7, 11) is 0. The molecule has 1 fully saturated rings. The fourth-order valence-corrected chi connectivity index (χ4v) is 2.03. The summed E-state index contributed by atoms with van der Waals surface area (Å²) in [6, 6.07) is 4.98. The summed E-state index contributed by atoms with van der Waals surface area (Å²) >= 11 is 11.2. The van der Waals surface area contributed by atoms with E-state index in [1.807, 2.05) is 0 Å². The zero-order chi connectivity index (χ0) is 11.5. The van der Waals surface area contributed by atoms with Crippen LogP contribution < -0.4 is 4.74 Å². The van der Waals surface area contributed by atoms with E-state index in [0.29, 0.717) is 28.9 Å². The van der Waals surface area contributed by atoms with E-state index in [-0.39, 0.29) is 0 Å². The maximum absolute atomic E-state index is 11.0. The maximum atomic E-state index is 11.0. The van der Waals surface area contributed by atoms with Crippen molar-refractivity contribution < 1.29 is 9.53 Å². The Balaban J connectivity index is 2.03. The predicted molar refractivity (Wildman–Crippen MR) is 64.5 cm³/mol. The second-order valence-corrected chi connectivity index (χ2v) is 4.77. The second kappa shape index (κ2) is 5.07. The van der Waals surface area contributed by atoms with Crippen LogP contribution in [0.2, 0.25) is 5.02 Å². The van der Waals surface area contributed by atoms with E-state index < -0.39 is 5.24 Å². The molecular weight excluding hydrogens is 247 g/mol. The van der Waals surface area contributed by atoms with Gasteiger partial charge in [-0.3, -0.25) is 4.79 Å². The normalized spacial score (nSPS) is 15.6. The van der Waals surface area contributed by atoms with E-state index in [2.05, 4.69) is 0 Å². The Bertz CT molecular complexity index is 400. The number of hydrogen-bond acceptors (Lipinski definition) is 2. The number of carbonyl (C=O) groups is 1. The zero-order valence-electron chi connectivity index (χ0n) is 8.71. The van der Waals surface area contributed by atoms with Crippen LogP contribution >= 0.6 is 23.2 Å². The Morgan fingerprint density at radius 1 is 1.44 bits per heavy atom. The van der Waals surface area contributed by atoms with Crippen LogP contribution in [-0.4, -0.2) is 11.8 Å². The third-order valence-electron chi connectivity index (χ3n) is 2.86. The third-order valence-corrected chi connectivity index (χ3v) is 3.39. The van der Waals surface area contributed by atoms with Gasteiger partial charge in [-0.15, -0.1) is 0 Å². The van der Waals surface area contributed by atoms with Crippen molar-refractivity contribution in [3.05, 3.63) is 28.8 Å². The van der Waals surface area contributed by atoms with Gasteiger partial charge in [0.15, 0.2) is 0 Å². The summed E-state index contributed by atoms with van der Waals surface area (Å²) in [6.45, 7) is 0.706. The van der Waals surface area contributed by atoms with Gasteiger partial charge in [-0.2, -0.15) is 0 Å². The van der Waals surface area contributed by atoms with E-state index in [0.717, 1.165) is 0 Å². The molecule has 0 spiro atoms. The molecule has 2 rings (SSSR count). The molecule has 0 heterocycles. The molecule has 1 aliphatic rings. The molecule has 2 nitrogen and oxygen atoms in total. The van der Waals surface area contributed by atoms with Gasteiger partial charge in [0.25, 0.3) is 5.24 Å². The van der Waals surface area contributed by atoms with E-state index in [4.69, 9.17) is 27.9 Å². The lowest BCUT2D eigenvalue weighted by atomic mass is 9.86. The highest BCUT2D eigenvalue weighted by Gasteiger charge is 2.18. The fraction of sp³-hybridized carbons (Fsp3) is 0.417. The number of rotatable bonds is 4. The van der Waals surface area contributed by atoms with Crippen LogP contribution in [0.5, 0.6) is 5.75 Å². The van der Waals surface area contributed by atoms with Gasteiger partial charge in [0, 0.05) is 0 Å². The summed E-state index contributed by atoms with van der Waals surface area (Å²) in [6.07, 6.45) is 3.75. The van der Waals surface area contributed by atoms with Gasteiger partial charge < -0.3 is 4.74 Å². The van der Waals surface area contributed by atoms with Crippen molar-refractivity contribution >= 4 is 28.4 Å². The second-order valence-electron chi connectivity index (χ2n) is 4.02. The fourth-order valence-electron chi connectivity index (χ4n) is 1.62. The molecule has 4 heteroatoms. The van der Waals surface area contributed by atoms with Crippen molar-refractivity contribution in [3.8, 4) is 5.75 Å². The Morgan fingerprint density at radius 2 is 2.19 bits per heavy atom. The molecule has 16 heavy (non-hydrogen) atoms. The molecule has 1 aromatic rings. The molecule has 0 unspecified atom stereocenters. The largest absolute Gasteiger partial charge is 0.493 e. The van der Waals surface area contributed by atoms with Gasteiger partial charge in [-0.25, -0.2) is 0 Å². The van der Waals surface area contributed by atoms with Crippen molar-refractivity contribution in [2.75, 3.05) is 6.61 Å². The van der Waals surface area contributed by atoms with Crippen molar-refractivity contribution in [2.45, 2.75) is 19.3 Å². The highest BCUT2D eigenvalue weighted by atomic mass is 35.5. The molecule has 0 aliphatic heterocycles. The summed E-state index contributed by atoms with van der Waals surface area (Å²) in [5.41, 5.74) is 0.300. The highest BCUT2D eigenvalue weighted by molar-refractivity contribution is 6.68. The van der Waals surface area contributed by atoms with Gasteiger partial charge >= 0.3 is 0 Å². The predicted octanol–water partition coefficient (Wildman–Crippen LogP) is 3.90. The van der Waals surface area contributed by atoms with Gasteiger partial charge in [0.2, 0.25) is 0 Å². The lowest BCUT2D eigenvalue weighted by Crippen LogP contribution is -2.19. The molecule has 0 saturated heterocycles. The summed E-state index contributed by atoms with van der Waals surface area (Å²) < 4.78 is 5.59. The summed E-state index contributed by atoms with van der Waals surface area (Å²) in [4.78, 5) is 11.0. The van der Waals surface area contributed by atoms with E-state index >= 15 is 0 Å². The van der Waals surface area contributed by atoms with Crippen LogP contribution in [0.25, 0.3) is 0 Å². The van der Waals surface area contributed by atoms with Gasteiger partial charge in [-0.05, 0) is 48.6 Å². The van der Waals surface area contributed by atoms with Crippen molar-refractivity contribution in [2.24, 2.45) is 5.92 Å². The average Bonchev–Trinajstić information content (AvgIpc) is 2.17. The molecule has 1 aromatic carbocycles. The minimum atomic E-state index is -0.556. The minimum Gasteiger partial charge on any atom is -0.493 e. The van der Waals surface area contributed by atoms with Gasteiger partial charge in [-0.1, -0.05) is 18.0 Å². The zero-order valence-corrected chi connectivity index (χ0v) is 10.2. The van der Waals surface area contributed by atoms with Crippen molar-refractivity contribution in [1.29, 1.82) is 0 Å². The lowest BCUT2D eigenvalue weighted by Gasteiger charge is -2.25. The van der Waals surface area contributed by atoms with E-state index in [9.17, 15) is 4.79 Å². The number of benzene rings is 1. The maximum Gasteiger partial charge on any atom is 0.254 e. The smallest absolute Gasteiger partial charge is 0.254 e. The van der Waals surface area contributed by atoms with E-state index in [1.54, 1.807) is 18.2 Å². The molecule has 1 aliphatic carbocycles. The van der Waals surface area contributed by atoms with Gasteiger partial charge in [0.05, 0.1) is 17.2 Å². The standard InChI is InChI=1S/C12H12Cl2O2/c13-11-5-4-9(6-10(11)12(14)15)16-7-8-2-1-3-8/h4-6,8H,1-3,7H2. The van der Waals surface area contributed by atoms with Crippen LogP contribution in [0.15, 0.2) is 18.2 Å². The molecule has 0 N–H and O–H groups in total. The molecule has 0 radical (unpaired) electrons. The first-order valence-electron chi connectivity index (χ1n) is 5.29. The SMILES string of the molecule is O=C(Cl)c1cc(OCC2CCC2)ccc1Cl. The molecule has 0 aromatic heterocycles. The summed E-state index contributed by atoms with van der Waals surface area (Å²) in [5, 5.41) is -0.199. The minimum absolute atomic E-state index is 0.300. The Morgan fingerprint density at radius 3 is 2.75 bits per heavy atom. The molecule has 86 valence electrons. The Kier molecular flexibility index (Phi) is 3.72. The number of ether oxygens (including phenoxy) is 1. The topological polar surface area (TPSA) is 26.3 Å². The van der Waals surface area contributed by atoms with Crippen molar-refractivity contribution in [3.63, 3.8) is 0 Å². The molecule has 1 saturated carbocycles. The first-order chi connectivity index (χ1) is 7.66. The Labute approximate surface area is 104 Å². The first kappa shape index (κ1) is 11.7. The van der Waals surface area contributed by atoms with Crippen molar-refractivity contribution in [1.82, 2.24) is 0 Å². The van der Waals surface area contributed by atoms with Crippen LogP contribution in [0.4, 0.5) is 0 Å². The molecule has 0 amide bonds. The first-order valence-corrected chi connectivity index (χ1v) is 6.04. The molecule has 0 bridgehead atoms. The molecule has 0 atom stereocenters. The van der Waals surface area contributed by atoms with Crippen LogP contribution in [0, 0.1) is 5.92 Å². The number of hydrogen-bond donors (Lipinski definition) is 0. The number of carbonyl (C=O) groups excluding carboxylic acids is 1. The van der Waals surface area contributed by atoms with Crippen LogP contribution in [0.3, 0.4) is 0 Å². The third kappa shape index (κ3) is 2.69. The number of halogens is 2. The summed E-state index contributed by atoms with van der Waals surface area (Å²) in [5.74, 6) is 1.31. The monoisotopic (exact) mass is 258 g/mol.